The largest absolute Gasteiger partial charge is 0.443 e. The Labute approximate surface area is 137 Å². The number of carbonyl (C=O) groups excluding carboxylic acids is 1. The molecule has 0 aromatic heterocycles. The zero-order valence-electron chi connectivity index (χ0n) is 13.0. The highest BCUT2D eigenvalue weighted by molar-refractivity contribution is 7.93. The summed E-state index contributed by atoms with van der Waals surface area (Å²) >= 11 is 0.905. The fourth-order valence-corrected chi connectivity index (χ4v) is 2.71. The van der Waals surface area contributed by atoms with Gasteiger partial charge in [0.05, 0.1) is 18.2 Å². The van der Waals surface area contributed by atoms with Crippen molar-refractivity contribution in [2.45, 2.75) is 45.0 Å². The summed E-state index contributed by atoms with van der Waals surface area (Å²) in [6.45, 7) is 5.58. The Morgan fingerprint density at radius 3 is 2.43 bits per heavy atom. The van der Waals surface area contributed by atoms with Crippen LogP contribution in [-0.4, -0.2) is 28.6 Å². The number of benzene rings is 1. The van der Waals surface area contributed by atoms with Gasteiger partial charge >= 0.3 is 12.3 Å². The topological polar surface area (TPSA) is 38.8 Å². The van der Waals surface area contributed by atoms with Crippen molar-refractivity contribution < 1.29 is 26.9 Å². The summed E-state index contributed by atoms with van der Waals surface area (Å²) in [5, 5.41) is 0. The lowest BCUT2D eigenvalue weighted by Gasteiger charge is -2.25. The maximum absolute atomic E-state index is 12.6. The highest BCUT2D eigenvalue weighted by atomic mass is 32.2. The van der Waals surface area contributed by atoms with E-state index < -0.39 is 23.4 Å². The first kappa shape index (κ1) is 17.9. The molecular weight excluding hydrogens is 331 g/mol. The summed E-state index contributed by atoms with van der Waals surface area (Å²) in [5.74, 6) is 0. The van der Waals surface area contributed by atoms with E-state index in [1.807, 2.05) is 0 Å². The number of carbonyl (C=O) groups is 1. The van der Waals surface area contributed by atoms with Gasteiger partial charge in [0.2, 0.25) is 0 Å². The Morgan fingerprint density at radius 2 is 1.91 bits per heavy atom. The maximum Gasteiger partial charge on any atom is 0.422 e. The molecule has 1 unspecified atom stereocenters. The molecule has 1 aliphatic rings. The van der Waals surface area contributed by atoms with E-state index in [-0.39, 0.29) is 6.04 Å². The minimum absolute atomic E-state index is 0.286. The van der Waals surface area contributed by atoms with E-state index in [4.69, 9.17) is 8.92 Å². The summed E-state index contributed by atoms with van der Waals surface area (Å²) in [6.07, 6.45) is -4.48. The molecule has 1 aliphatic heterocycles. The fraction of sp³-hybridized carbons (Fsp3) is 0.533. The summed E-state index contributed by atoms with van der Waals surface area (Å²) < 4.78 is 49.6. The first-order valence-electron chi connectivity index (χ1n) is 7.04. The van der Waals surface area contributed by atoms with E-state index in [9.17, 15) is 18.0 Å². The summed E-state index contributed by atoms with van der Waals surface area (Å²) in [7, 11) is 0. The van der Waals surface area contributed by atoms with E-state index in [1.54, 1.807) is 20.8 Å². The third-order valence-electron chi connectivity index (χ3n) is 3.05. The predicted molar refractivity (Wildman–Crippen MR) is 80.6 cm³/mol. The van der Waals surface area contributed by atoms with Crippen molar-refractivity contribution in [3.8, 4) is 0 Å². The van der Waals surface area contributed by atoms with E-state index in [0.717, 1.165) is 24.4 Å². The van der Waals surface area contributed by atoms with Crippen molar-refractivity contribution in [2.24, 2.45) is 0 Å². The lowest BCUT2D eigenvalue weighted by atomic mass is 10.0. The first-order valence-corrected chi connectivity index (χ1v) is 7.74. The minimum atomic E-state index is -4.35. The average molecular weight is 349 g/mol. The smallest absolute Gasteiger partial charge is 0.422 e. The van der Waals surface area contributed by atoms with Crippen molar-refractivity contribution in [3.05, 3.63) is 35.4 Å². The molecule has 0 radical (unpaired) electrons. The first-order chi connectivity index (χ1) is 10.6. The van der Waals surface area contributed by atoms with Gasteiger partial charge in [0.15, 0.2) is 0 Å². The van der Waals surface area contributed by atoms with Crippen LogP contribution < -0.4 is 0 Å². The van der Waals surface area contributed by atoms with Crippen LogP contribution in [-0.2, 0) is 21.5 Å². The number of hydrogen-bond donors (Lipinski definition) is 0. The molecule has 23 heavy (non-hydrogen) atoms. The zero-order chi connectivity index (χ0) is 17.3. The van der Waals surface area contributed by atoms with Gasteiger partial charge in [0.1, 0.15) is 17.8 Å². The van der Waals surface area contributed by atoms with Crippen molar-refractivity contribution >= 4 is 18.3 Å². The minimum Gasteiger partial charge on any atom is -0.443 e. The number of ether oxygens (including phenoxy) is 1. The van der Waals surface area contributed by atoms with Gasteiger partial charge in [-0.05, 0) is 44.9 Å². The third kappa shape index (κ3) is 5.04. The molecule has 0 aliphatic carbocycles. The van der Waals surface area contributed by atoms with Gasteiger partial charge in [-0.1, -0.05) is 12.1 Å². The molecule has 8 heteroatoms. The number of alkyl halides is 3. The molecule has 0 spiro atoms. The summed E-state index contributed by atoms with van der Waals surface area (Å²) in [5.41, 5.74) is -0.621. The van der Waals surface area contributed by atoms with Crippen LogP contribution in [0.4, 0.5) is 18.0 Å². The monoisotopic (exact) mass is 349 g/mol. The lowest BCUT2D eigenvalue weighted by Crippen LogP contribution is -2.38. The highest BCUT2D eigenvalue weighted by Gasteiger charge is 2.35. The second kappa shape index (κ2) is 6.60. The predicted octanol–water partition coefficient (Wildman–Crippen LogP) is 4.45. The van der Waals surface area contributed by atoms with Gasteiger partial charge in [-0.2, -0.15) is 13.2 Å². The fourth-order valence-electron chi connectivity index (χ4n) is 2.02. The maximum atomic E-state index is 12.6. The Morgan fingerprint density at radius 1 is 1.30 bits per heavy atom. The van der Waals surface area contributed by atoms with Gasteiger partial charge in [0.25, 0.3) is 0 Å². The molecule has 1 amide bonds. The van der Waals surface area contributed by atoms with Crippen molar-refractivity contribution in [2.75, 3.05) is 6.61 Å². The lowest BCUT2D eigenvalue weighted by molar-refractivity contribution is -0.137. The molecule has 0 bridgehead atoms. The molecule has 1 aromatic carbocycles. The molecule has 0 N–H and O–H groups in total. The van der Waals surface area contributed by atoms with Crippen LogP contribution in [0.5, 0.6) is 0 Å². The normalized spacial score (nSPS) is 19.0. The van der Waals surface area contributed by atoms with Crippen molar-refractivity contribution in [1.82, 2.24) is 4.31 Å². The third-order valence-corrected chi connectivity index (χ3v) is 3.90. The molecule has 1 fully saturated rings. The van der Waals surface area contributed by atoms with Crippen LogP contribution >= 0.6 is 12.2 Å². The van der Waals surface area contributed by atoms with Gasteiger partial charge < -0.3 is 4.74 Å². The Hall–Kier alpha value is -1.41. The summed E-state index contributed by atoms with van der Waals surface area (Å²) in [4.78, 5) is 12.1. The molecule has 0 saturated carbocycles. The molecular formula is C15H18F3NO3S. The van der Waals surface area contributed by atoms with Crippen LogP contribution in [0.1, 0.15) is 31.9 Å². The van der Waals surface area contributed by atoms with E-state index in [0.29, 0.717) is 18.6 Å². The Bertz CT molecular complexity index is 555. The van der Waals surface area contributed by atoms with E-state index >= 15 is 0 Å². The standard InChI is InChI=1S/C15H18F3NO3S/c1-14(2,3)22-13(20)19-12(9-21-23-19)8-10-4-6-11(7-5-10)15(16,17)18/h4-7,12H,8-9H2,1-3H3. The van der Waals surface area contributed by atoms with Crippen LogP contribution in [0, 0.1) is 0 Å². The average Bonchev–Trinajstić information content (AvgIpc) is 2.84. The van der Waals surface area contributed by atoms with Gasteiger partial charge in [-0.25, -0.2) is 9.10 Å². The second-order valence-electron chi connectivity index (χ2n) is 6.22. The van der Waals surface area contributed by atoms with Crippen LogP contribution in [0.25, 0.3) is 0 Å². The quantitative estimate of drug-likeness (QED) is 0.584. The Balaban J connectivity index is 2.02. The number of halogens is 3. The Kier molecular flexibility index (Phi) is 5.15. The number of amides is 1. The van der Waals surface area contributed by atoms with E-state index in [2.05, 4.69) is 0 Å². The van der Waals surface area contributed by atoms with Gasteiger partial charge in [0, 0.05) is 0 Å². The number of rotatable bonds is 2. The number of hydrogen-bond acceptors (Lipinski definition) is 4. The number of nitrogens with zero attached hydrogens (tertiary/aromatic N) is 1. The second-order valence-corrected chi connectivity index (χ2v) is 7.00. The van der Waals surface area contributed by atoms with Gasteiger partial charge in [-0.15, -0.1) is 0 Å². The summed E-state index contributed by atoms with van der Waals surface area (Å²) in [6, 6.07) is 4.62. The van der Waals surface area contributed by atoms with Crippen molar-refractivity contribution in [3.63, 3.8) is 0 Å². The van der Waals surface area contributed by atoms with Crippen molar-refractivity contribution in [1.29, 1.82) is 0 Å². The molecule has 2 rings (SSSR count). The zero-order valence-corrected chi connectivity index (χ0v) is 13.8. The van der Waals surface area contributed by atoms with Gasteiger partial charge in [-0.3, -0.25) is 4.18 Å². The molecule has 1 atom stereocenters. The molecule has 1 aromatic rings. The highest BCUT2D eigenvalue weighted by Crippen LogP contribution is 2.31. The molecule has 128 valence electrons. The SMILES string of the molecule is CC(C)(C)OC(=O)N1SOCC1Cc1ccc(C(F)(F)F)cc1. The molecule has 1 heterocycles. The van der Waals surface area contributed by atoms with Crippen LogP contribution in [0.2, 0.25) is 0 Å². The molecule has 4 nitrogen and oxygen atoms in total. The van der Waals surface area contributed by atoms with Crippen LogP contribution in [0.3, 0.4) is 0 Å². The molecule has 1 saturated heterocycles. The van der Waals surface area contributed by atoms with E-state index in [1.165, 1.54) is 16.4 Å². The van der Waals surface area contributed by atoms with Crippen LogP contribution in [0.15, 0.2) is 24.3 Å².